The van der Waals surface area contributed by atoms with E-state index in [1.165, 1.54) is 5.56 Å². The van der Waals surface area contributed by atoms with Gasteiger partial charge in [-0.25, -0.2) is 0 Å². The van der Waals surface area contributed by atoms with Crippen LogP contribution in [0.15, 0.2) is 48.5 Å². The first-order valence-electron chi connectivity index (χ1n) is 5.72. The van der Waals surface area contributed by atoms with Crippen molar-refractivity contribution in [1.29, 1.82) is 0 Å². The Morgan fingerprint density at radius 2 is 2.00 bits per heavy atom. The lowest BCUT2D eigenvalue weighted by Crippen LogP contribution is -2.28. The first kappa shape index (κ1) is 10.1. The van der Waals surface area contributed by atoms with E-state index < -0.39 is 0 Å². The van der Waals surface area contributed by atoms with Crippen LogP contribution in [0, 0.1) is 6.07 Å². The SMILES string of the molecule is O=C(c1ccccc1)N1CCc2c[c]ccc21. The number of fused-ring (bicyclic) bond motifs is 1. The zero-order chi connectivity index (χ0) is 11.7. The van der Waals surface area contributed by atoms with E-state index in [9.17, 15) is 4.79 Å². The molecule has 0 aliphatic carbocycles. The minimum absolute atomic E-state index is 0.0792. The van der Waals surface area contributed by atoms with Gasteiger partial charge >= 0.3 is 0 Å². The predicted octanol–water partition coefficient (Wildman–Crippen LogP) is 2.69. The molecular formula is C15H12NO. The average molecular weight is 222 g/mol. The average Bonchev–Trinajstić information content (AvgIpc) is 2.83. The molecule has 0 N–H and O–H groups in total. The maximum absolute atomic E-state index is 12.3. The lowest BCUT2D eigenvalue weighted by atomic mass is 10.1. The van der Waals surface area contributed by atoms with E-state index in [1.807, 2.05) is 53.4 Å². The molecule has 2 nitrogen and oxygen atoms in total. The molecular weight excluding hydrogens is 210 g/mol. The highest BCUT2D eigenvalue weighted by Gasteiger charge is 2.24. The van der Waals surface area contributed by atoms with Crippen LogP contribution >= 0.6 is 0 Å². The smallest absolute Gasteiger partial charge is 0.258 e. The molecule has 3 rings (SSSR count). The Hall–Kier alpha value is -2.09. The lowest BCUT2D eigenvalue weighted by Gasteiger charge is -2.17. The van der Waals surface area contributed by atoms with Gasteiger partial charge in [-0.2, -0.15) is 0 Å². The number of hydrogen-bond donors (Lipinski definition) is 0. The van der Waals surface area contributed by atoms with E-state index in [-0.39, 0.29) is 5.91 Å². The molecule has 0 atom stereocenters. The van der Waals surface area contributed by atoms with Gasteiger partial charge in [-0.1, -0.05) is 24.3 Å². The van der Waals surface area contributed by atoms with E-state index >= 15 is 0 Å². The largest absolute Gasteiger partial charge is 0.308 e. The van der Waals surface area contributed by atoms with E-state index in [0.29, 0.717) is 0 Å². The molecule has 0 spiro atoms. The van der Waals surface area contributed by atoms with Gasteiger partial charge in [-0.15, -0.1) is 0 Å². The second kappa shape index (κ2) is 4.06. The van der Waals surface area contributed by atoms with Crippen LogP contribution in [0.4, 0.5) is 5.69 Å². The third-order valence-electron chi connectivity index (χ3n) is 3.09. The highest BCUT2D eigenvalue weighted by Crippen LogP contribution is 2.28. The molecule has 0 fully saturated rings. The first-order chi connectivity index (χ1) is 8.36. The fourth-order valence-electron chi connectivity index (χ4n) is 2.22. The topological polar surface area (TPSA) is 20.3 Å². The molecule has 1 aliphatic rings. The number of carbonyl (C=O) groups is 1. The summed E-state index contributed by atoms with van der Waals surface area (Å²) in [5.74, 6) is 0.0792. The van der Waals surface area contributed by atoms with Crippen molar-refractivity contribution in [3.8, 4) is 0 Å². The minimum atomic E-state index is 0.0792. The third-order valence-corrected chi connectivity index (χ3v) is 3.09. The number of anilines is 1. The van der Waals surface area contributed by atoms with Crippen LogP contribution in [0.1, 0.15) is 15.9 Å². The van der Waals surface area contributed by atoms with Crippen molar-refractivity contribution in [2.45, 2.75) is 6.42 Å². The molecule has 0 bridgehead atoms. The van der Waals surface area contributed by atoms with Crippen LogP contribution in [0.2, 0.25) is 0 Å². The molecule has 0 aromatic heterocycles. The molecule has 1 aliphatic heterocycles. The van der Waals surface area contributed by atoms with Gasteiger partial charge in [-0.3, -0.25) is 4.79 Å². The van der Waals surface area contributed by atoms with Gasteiger partial charge in [0.15, 0.2) is 0 Å². The standard InChI is InChI=1S/C15H12NO/c17-15(13-7-2-1-3-8-13)16-11-10-12-6-4-5-9-14(12)16/h1-3,5-9H,10-11H2. The Morgan fingerprint density at radius 1 is 1.18 bits per heavy atom. The van der Waals surface area contributed by atoms with Gasteiger partial charge in [0.25, 0.3) is 5.91 Å². The maximum atomic E-state index is 12.3. The zero-order valence-corrected chi connectivity index (χ0v) is 9.39. The number of carbonyl (C=O) groups excluding carboxylic acids is 1. The second-order valence-electron chi connectivity index (χ2n) is 4.13. The fourth-order valence-corrected chi connectivity index (χ4v) is 2.22. The first-order valence-corrected chi connectivity index (χ1v) is 5.72. The van der Waals surface area contributed by atoms with Crippen molar-refractivity contribution in [1.82, 2.24) is 0 Å². The Morgan fingerprint density at radius 3 is 2.82 bits per heavy atom. The minimum Gasteiger partial charge on any atom is -0.308 e. The molecule has 0 saturated carbocycles. The van der Waals surface area contributed by atoms with Crippen LogP contribution < -0.4 is 4.90 Å². The molecule has 0 saturated heterocycles. The molecule has 2 aromatic carbocycles. The van der Waals surface area contributed by atoms with Crippen LogP contribution in [0.5, 0.6) is 0 Å². The van der Waals surface area contributed by atoms with Crippen LogP contribution in [-0.2, 0) is 6.42 Å². The van der Waals surface area contributed by atoms with Gasteiger partial charge in [-0.05, 0) is 42.3 Å². The summed E-state index contributed by atoms with van der Waals surface area (Å²) in [5, 5.41) is 0. The summed E-state index contributed by atoms with van der Waals surface area (Å²) in [5.41, 5.74) is 2.97. The summed E-state index contributed by atoms with van der Waals surface area (Å²) in [6.45, 7) is 0.765. The van der Waals surface area contributed by atoms with Crippen LogP contribution in [-0.4, -0.2) is 12.5 Å². The predicted molar refractivity (Wildman–Crippen MR) is 67.1 cm³/mol. The lowest BCUT2D eigenvalue weighted by molar-refractivity contribution is 0.0989. The van der Waals surface area contributed by atoms with E-state index in [1.54, 1.807) is 0 Å². The van der Waals surface area contributed by atoms with Gasteiger partial charge < -0.3 is 4.90 Å². The molecule has 17 heavy (non-hydrogen) atoms. The van der Waals surface area contributed by atoms with Crippen molar-refractivity contribution in [2.75, 3.05) is 11.4 Å². The summed E-state index contributed by atoms with van der Waals surface area (Å²) >= 11 is 0. The second-order valence-corrected chi connectivity index (χ2v) is 4.13. The number of hydrogen-bond acceptors (Lipinski definition) is 1. The molecule has 1 heterocycles. The van der Waals surface area contributed by atoms with Crippen molar-refractivity contribution < 1.29 is 4.79 Å². The number of amides is 1. The summed E-state index contributed by atoms with van der Waals surface area (Å²) < 4.78 is 0. The monoisotopic (exact) mass is 222 g/mol. The van der Waals surface area contributed by atoms with E-state index in [2.05, 4.69) is 6.07 Å². The van der Waals surface area contributed by atoms with E-state index in [4.69, 9.17) is 0 Å². The third kappa shape index (κ3) is 1.72. The van der Waals surface area contributed by atoms with Crippen LogP contribution in [0.3, 0.4) is 0 Å². The Balaban J connectivity index is 1.95. The Bertz CT molecular complexity index is 548. The number of benzene rings is 2. The fraction of sp³-hybridized carbons (Fsp3) is 0.133. The molecule has 2 heteroatoms. The summed E-state index contributed by atoms with van der Waals surface area (Å²) in [4.78, 5) is 14.2. The summed E-state index contributed by atoms with van der Waals surface area (Å²) in [6, 6.07) is 18.3. The van der Waals surface area contributed by atoms with Gasteiger partial charge in [0, 0.05) is 17.8 Å². The molecule has 83 valence electrons. The van der Waals surface area contributed by atoms with E-state index in [0.717, 1.165) is 24.2 Å². The molecule has 1 radical (unpaired) electrons. The van der Waals surface area contributed by atoms with Crippen molar-refractivity contribution in [3.05, 3.63) is 65.7 Å². The highest BCUT2D eigenvalue weighted by atomic mass is 16.2. The molecule has 1 amide bonds. The summed E-state index contributed by atoms with van der Waals surface area (Å²) in [7, 11) is 0. The molecule has 2 aromatic rings. The van der Waals surface area contributed by atoms with Crippen molar-refractivity contribution in [2.24, 2.45) is 0 Å². The number of rotatable bonds is 1. The van der Waals surface area contributed by atoms with Gasteiger partial charge in [0.05, 0.1) is 0 Å². The normalized spacial score (nSPS) is 13.5. The summed E-state index contributed by atoms with van der Waals surface area (Å²) in [6.07, 6.45) is 0.922. The quantitative estimate of drug-likeness (QED) is 0.726. The Labute approximate surface area is 100 Å². The van der Waals surface area contributed by atoms with Gasteiger partial charge in [0.2, 0.25) is 0 Å². The van der Waals surface area contributed by atoms with Crippen LogP contribution in [0.25, 0.3) is 0 Å². The molecule has 0 unspecified atom stereocenters. The van der Waals surface area contributed by atoms with Crippen molar-refractivity contribution >= 4 is 11.6 Å². The van der Waals surface area contributed by atoms with Gasteiger partial charge in [0.1, 0.15) is 0 Å². The highest BCUT2D eigenvalue weighted by molar-refractivity contribution is 6.07. The Kier molecular flexibility index (Phi) is 2.41. The maximum Gasteiger partial charge on any atom is 0.258 e. The number of nitrogens with zero attached hydrogens (tertiary/aromatic N) is 1. The zero-order valence-electron chi connectivity index (χ0n) is 9.39. The van der Waals surface area contributed by atoms with Crippen molar-refractivity contribution in [3.63, 3.8) is 0 Å².